The molecule has 0 aliphatic heterocycles. The average Bonchev–Trinajstić information content (AvgIpc) is 2.15. The van der Waals surface area contributed by atoms with E-state index in [1.165, 1.54) is 0 Å². The third-order valence-corrected chi connectivity index (χ3v) is 0.944. The van der Waals surface area contributed by atoms with Gasteiger partial charge in [0.15, 0.2) is 0 Å². The predicted octanol–water partition coefficient (Wildman–Crippen LogP) is -0.302. The molecule has 0 aliphatic carbocycles. The summed E-state index contributed by atoms with van der Waals surface area (Å²) in [7, 11) is 0. The summed E-state index contributed by atoms with van der Waals surface area (Å²) in [6, 6.07) is 0. The van der Waals surface area contributed by atoms with Gasteiger partial charge in [-0.05, 0) is 6.42 Å². The van der Waals surface area contributed by atoms with Crippen molar-refractivity contribution in [3.8, 4) is 0 Å². The fraction of sp³-hybridized carbons (Fsp3) is 1.00. The molecule has 0 radical (unpaired) electrons. The van der Waals surface area contributed by atoms with Crippen molar-refractivity contribution in [1.29, 1.82) is 0 Å². The zero-order chi connectivity index (χ0) is 10.4. The molecule has 0 saturated carbocycles. The van der Waals surface area contributed by atoms with Crippen molar-refractivity contribution >= 4 is 0 Å². The molecule has 3 N–H and O–H groups in total. The van der Waals surface area contributed by atoms with Gasteiger partial charge in [0.2, 0.25) is 0 Å². The summed E-state index contributed by atoms with van der Waals surface area (Å²) in [5.74, 6) is 0. The maximum Gasteiger partial charge on any atom is 0.105 e. The third-order valence-electron chi connectivity index (χ3n) is 0.944. The summed E-state index contributed by atoms with van der Waals surface area (Å²) in [5, 5.41) is 24.3. The van der Waals surface area contributed by atoms with Gasteiger partial charge < -0.3 is 15.3 Å². The summed E-state index contributed by atoms with van der Waals surface area (Å²) >= 11 is 0. The first kappa shape index (κ1) is 15.3. The van der Waals surface area contributed by atoms with Gasteiger partial charge in [-0.15, -0.1) is 0 Å². The van der Waals surface area contributed by atoms with Crippen LogP contribution in [0.25, 0.3) is 0 Å². The van der Waals surface area contributed by atoms with Gasteiger partial charge in [0.05, 0.1) is 13.2 Å². The van der Waals surface area contributed by atoms with Gasteiger partial charge >= 0.3 is 0 Å². The Balaban J connectivity index is 0. The molecule has 13 heavy (non-hydrogen) atoms. The molecule has 0 amide bonds. The van der Waals surface area contributed by atoms with Crippen molar-refractivity contribution in [3.05, 3.63) is 0 Å². The van der Waals surface area contributed by atoms with E-state index >= 15 is 0 Å². The number of aliphatic hydroxyl groups excluding tert-OH is 3. The second-order valence-electron chi connectivity index (χ2n) is 2.17. The van der Waals surface area contributed by atoms with Crippen LogP contribution in [0.15, 0.2) is 0 Å². The Morgan fingerprint density at radius 3 is 1.46 bits per heavy atom. The zero-order valence-electron chi connectivity index (χ0n) is 8.11. The van der Waals surface area contributed by atoms with Crippen LogP contribution in [0.5, 0.6) is 0 Å². The SMILES string of the molecule is CCCCO.OCCOOCCO. The zero-order valence-corrected chi connectivity index (χ0v) is 8.11. The molecule has 0 heterocycles. The fourth-order valence-electron chi connectivity index (χ4n) is 0.351. The lowest BCUT2D eigenvalue weighted by Gasteiger charge is -1.97. The van der Waals surface area contributed by atoms with Crippen LogP contribution < -0.4 is 0 Å². The van der Waals surface area contributed by atoms with E-state index in [4.69, 9.17) is 15.3 Å². The van der Waals surface area contributed by atoms with Crippen molar-refractivity contribution in [2.45, 2.75) is 19.8 Å². The maximum absolute atomic E-state index is 8.10. The van der Waals surface area contributed by atoms with Crippen LogP contribution in [0, 0.1) is 0 Å². The Morgan fingerprint density at radius 1 is 0.846 bits per heavy atom. The lowest BCUT2D eigenvalue weighted by Crippen LogP contribution is -2.03. The highest BCUT2D eigenvalue weighted by atomic mass is 17.2. The number of hydrogen-bond donors (Lipinski definition) is 3. The van der Waals surface area contributed by atoms with Gasteiger partial charge in [0, 0.05) is 6.61 Å². The molecular weight excluding hydrogens is 176 g/mol. The van der Waals surface area contributed by atoms with E-state index < -0.39 is 0 Å². The van der Waals surface area contributed by atoms with Crippen LogP contribution in [0.3, 0.4) is 0 Å². The largest absolute Gasteiger partial charge is 0.396 e. The highest BCUT2D eigenvalue weighted by Crippen LogP contribution is 1.78. The molecule has 0 aromatic heterocycles. The molecule has 0 spiro atoms. The van der Waals surface area contributed by atoms with Crippen molar-refractivity contribution in [1.82, 2.24) is 0 Å². The quantitative estimate of drug-likeness (QED) is 0.296. The van der Waals surface area contributed by atoms with Crippen LogP contribution >= 0.6 is 0 Å². The summed E-state index contributed by atoms with van der Waals surface area (Å²) < 4.78 is 0. The van der Waals surface area contributed by atoms with Gasteiger partial charge in [-0.2, -0.15) is 0 Å². The number of aliphatic hydroxyl groups is 3. The molecule has 82 valence electrons. The standard InChI is InChI=1S/C4H10O4.C4H10O/c5-1-3-7-8-4-2-6;1-2-3-4-5/h5-6H,1-4H2;5H,2-4H2,1H3. The molecule has 5 nitrogen and oxygen atoms in total. The van der Waals surface area contributed by atoms with Crippen LogP contribution in [0.1, 0.15) is 19.8 Å². The summed E-state index contributed by atoms with van der Waals surface area (Å²) in [5.41, 5.74) is 0. The average molecular weight is 196 g/mol. The van der Waals surface area contributed by atoms with E-state index in [0.29, 0.717) is 6.61 Å². The van der Waals surface area contributed by atoms with Gasteiger partial charge in [0.25, 0.3) is 0 Å². The first-order valence-electron chi connectivity index (χ1n) is 4.40. The van der Waals surface area contributed by atoms with Gasteiger partial charge in [0.1, 0.15) is 13.2 Å². The molecule has 0 aromatic carbocycles. The molecule has 0 bridgehead atoms. The normalized spacial score (nSPS) is 9.23. The lowest BCUT2D eigenvalue weighted by atomic mass is 10.4. The minimum Gasteiger partial charge on any atom is -0.396 e. The van der Waals surface area contributed by atoms with Crippen LogP contribution in [0.4, 0.5) is 0 Å². The molecule has 0 atom stereocenters. The second-order valence-corrected chi connectivity index (χ2v) is 2.17. The molecule has 0 fully saturated rings. The smallest absolute Gasteiger partial charge is 0.105 e. The monoisotopic (exact) mass is 196 g/mol. The van der Waals surface area contributed by atoms with E-state index in [2.05, 4.69) is 16.7 Å². The molecule has 0 aromatic rings. The Kier molecular flexibility index (Phi) is 20.9. The number of unbranched alkanes of at least 4 members (excludes halogenated alkanes) is 1. The molecule has 0 unspecified atom stereocenters. The third kappa shape index (κ3) is 24.5. The summed E-state index contributed by atoms with van der Waals surface area (Å²) in [6.45, 7) is 2.57. The Hall–Kier alpha value is -0.200. The fourth-order valence-corrected chi connectivity index (χ4v) is 0.351. The minimum absolute atomic E-state index is 0.0641. The van der Waals surface area contributed by atoms with Crippen molar-refractivity contribution < 1.29 is 25.1 Å². The van der Waals surface area contributed by atoms with Crippen molar-refractivity contribution in [2.24, 2.45) is 0 Å². The molecule has 0 rings (SSSR count). The Labute approximate surface area is 78.8 Å². The molecule has 5 heteroatoms. The highest BCUT2D eigenvalue weighted by Gasteiger charge is 1.83. The predicted molar refractivity (Wildman–Crippen MR) is 48.1 cm³/mol. The number of rotatable bonds is 7. The van der Waals surface area contributed by atoms with Crippen LogP contribution in [-0.2, 0) is 9.78 Å². The van der Waals surface area contributed by atoms with Gasteiger partial charge in [-0.3, -0.25) is 0 Å². The Morgan fingerprint density at radius 2 is 1.31 bits per heavy atom. The lowest BCUT2D eigenvalue weighted by molar-refractivity contribution is -0.300. The molecule has 0 aliphatic rings. The first-order valence-corrected chi connectivity index (χ1v) is 4.40. The minimum atomic E-state index is -0.0641. The van der Waals surface area contributed by atoms with E-state index in [1.54, 1.807) is 0 Å². The van der Waals surface area contributed by atoms with E-state index in [-0.39, 0.29) is 26.4 Å². The summed E-state index contributed by atoms with van der Waals surface area (Å²) in [6.07, 6.45) is 2.04. The number of hydrogen-bond acceptors (Lipinski definition) is 5. The van der Waals surface area contributed by atoms with Crippen LogP contribution in [-0.4, -0.2) is 48.4 Å². The highest BCUT2D eigenvalue weighted by molar-refractivity contribution is 4.23. The van der Waals surface area contributed by atoms with Crippen LogP contribution in [0.2, 0.25) is 0 Å². The van der Waals surface area contributed by atoms with Crippen molar-refractivity contribution in [3.63, 3.8) is 0 Å². The Bertz CT molecular complexity index is 61.6. The second kappa shape index (κ2) is 17.8. The first-order chi connectivity index (χ1) is 6.33. The van der Waals surface area contributed by atoms with Gasteiger partial charge in [-0.1, -0.05) is 13.3 Å². The summed E-state index contributed by atoms with van der Waals surface area (Å²) in [4.78, 5) is 8.63. The maximum atomic E-state index is 8.10. The van der Waals surface area contributed by atoms with E-state index in [9.17, 15) is 0 Å². The van der Waals surface area contributed by atoms with Gasteiger partial charge in [-0.25, -0.2) is 9.78 Å². The molecular formula is C8H20O5. The molecule has 0 saturated heterocycles. The van der Waals surface area contributed by atoms with E-state index in [0.717, 1.165) is 12.8 Å². The van der Waals surface area contributed by atoms with Crippen molar-refractivity contribution in [2.75, 3.05) is 33.0 Å². The topological polar surface area (TPSA) is 79.2 Å². The van der Waals surface area contributed by atoms with E-state index in [1.807, 2.05) is 0 Å².